The van der Waals surface area contributed by atoms with Crippen molar-refractivity contribution < 1.29 is 27.1 Å². The molecule has 122 valence electrons. The van der Waals surface area contributed by atoms with E-state index in [1.165, 1.54) is 18.3 Å². The predicted molar refractivity (Wildman–Crippen MR) is 68.8 cm³/mol. The number of hydrogen-bond acceptors (Lipinski definition) is 3. The maximum atomic E-state index is 13.0. The average molecular weight is 321 g/mol. The van der Waals surface area contributed by atoms with Crippen molar-refractivity contribution in [3.63, 3.8) is 0 Å². The van der Waals surface area contributed by atoms with Crippen LogP contribution in [0.15, 0.2) is 18.3 Å². The largest absolute Gasteiger partial charge is 0.417 e. The fourth-order valence-electron chi connectivity index (χ4n) is 2.21. The third kappa shape index (κ3) is 5.05. The quantitative estimate of drug-likeness (QED) is 0.820. The molecule has 1 fully saturated rings. The molecule has 1 atom stereocenters. The first kappa shape index (κ1) is 16.3. The van der Waals surface area contributed by atoms with Gasteiger partial charge in [-0.15, -0.1) is 0 Å². The number of amides is 2. The number of alkyl halides is 4. The van der Waals surface area contributed by atoms with Gasteiger partial charge in [0.1, 0.15) is 0 Å². The van der Waals surface area contributed by atoms with Crippen molar-refractivity contribution in [3.8, 4) is 5.88 Å². The Morgan fingerprint density at radius 3 is 2.91 bits per heavy atom. The summed E-state index contributed by atoms with van der Waals surface area (Å²) in [5.74, 6) is -2.99. The summed E-state index contributed by atoms with van der Waals surface area (Å²) in [7, 11) is 0. The highest BCUT2D eigenvalue weighted by atomic mass is 19.3. The van der Waals surface area contributed by atoms with Gasteiger partial charge in [0.05, 0.1) is 0 Å². The number of halogens is 4. The van der Waals surface area contributed by atoms with Crippen molar-refractivity contribution in [2.45, 2.75) is 44.4 Å². The first-order valence-electron chi connectivity index (χ1n) is 6.66. The van der Waals surface area contributed by atoms with Gasteiger partial charge in [-0.25, -0.2) is 18.6 Å². The summed E-state index contributed by atoms with van der Waals surface area (Å²) >= 11 is 0. The van der Waals surface area contributed by atoms with Crippen LogP contribution in [0, 0.1) is 0 Å². The van der Waals surface area contributed by atoms with Crippen LogP contribution < -0.4 is 15.4 Å². The van der Waals surface area contributed by atoms with Crippen LogP contribution in [0.25, 0.3) is 0 Å². The van der Waals surface area contributed by atoms with Gasteiger partial charge >= 0.3 is 12.6 Å². The minimum Gasteiger partial charge on any atom is -0.417 e. The van der Waals surface area contributed by atoms with E-state index in [0.29, 0.717) is 5.56 Å². The van der Waals surface area contributed by atoms with Crippen LogP contribution in [0.4, 0.5) is 22.4 Å². The van der Waals surface area contributed by atoms with E-state index < -0.39 is 24.6 Å². The van der Waals surface area contributed by atoms with Gasteiger partial charge in [-0.1, -0.05) is 0 Å². The first-order chi connectivity index (χ1) is 10.3. The minimum absolute atomic E-state index is 0.0388. The molecule has 5 nitrogen and oxygen atoms in total. The Hall–Kier alpha value is -2.06. The van der Waals surface area contributed by atoms with Crippen LogP contribution in [0.5, 0.6) is 5.88 Å². The van der Waals surface area contributed by atoms with Crippen molar-refractivity contribution in [1.82, 2.24) is 15.6 Å². The average Bonchev–Trinajstić information content (AvgIpc) is 2.75. The zero-order valence-electron chi connectivity index (χ0n) is 11.5. The van der Waals surface area contributed by atoms with Crippen LogP contribution in [-0.4, -0.2) is 29.6 Å². The summed E-state index contributed by atoms with van der Waals surface area (Å²) in [6, 6.07) is 1.62. The highest BCUT2D eigenvalue weighted by Gasteiger charge is 2.39. The second-order valence-corrected chi connectivity index (χ2v) is 5.00. The van der Waals surface area contributed by atoms with Gasteiger partial charge in [0.2, 0.25) is 11.8 Å². The number of aromatic nitrogens is 1. The molecule has 22 heavy (non-hydrogen) atoms. The van der Waals surface area contributed by atoms with Crippen LogP contribution in [0.1, 0.15) is 24.8 Å². The molecule has 1 aromatic rings. The van der Waals surface area contributed by atoms with Crippen molar-refractivity contribution in [2.24, 2.45) is 0 Å². The van der Waals surface area contributed by atoms with Gasteiger partial charge in [0, 0.05) is 37.7 Å². The van der Waals surface area contributed by atoms with Crippen LogP contribution in [0.2, 0.25) is 0 Å². The topological polar surface area (TPSA) is 63.2 Å². The zero-order valence-corrected chi connectivity index (χ0v) is 11.5. The second-order valence-electron chi connectivity index (χ2n) is 5.00. The summed E-state index contributed by atoms with van der Waals surface area (Å²) in [5.41, 5.74) is 0.498. The number of carbonyl (C=O) groups is 1. The Labute approximate surface area is 124 Å². The molecule has 2 rings (SSSR count). The number of rotatable bonds is 5. The van der Waals surface area contributed by atoms with E-state index in [2.05, 4.69) is 20.4 Å². The van der Waals surface area contributed by atoms with Crippen molar-refractivity contribution in [2.75, 3.05) is 0 Å². The monoisotopic (exact) mass is 321 g/mol. The summed E-state index contributed by atoms with van der Waals surface area (Å²) in [5, 5.41) is 4.92. The number of nitrogens with one attached hydrogen (secondary N) is 2. The second kappa shape index (κ2) is 6.80. The Balaban J connectivity index is 1.79. The molecule has 0 spiro atoms. The molecule has 0 saturated heterocycles. The van der Waals surface area contributed by atoms with Gasteiger partial charge in [0.15, 0.2) is 0 Å². The Bertz CT molecular complexity index is 528. The van der Waals surface area contributed by atoms with E-state index >= 15 is 0 Å². The Morgan fingerprint density at radius 2 is 2.27 bits per heavy atom. The normalized spacial score (nSPS) is 20.0. The summed E-state index contributed by atoms with van der Waals surface area (Å²) in [6.07, 6.45) is 0.880. The zero-order chi connectivity index (χ0) is 16.2. The van der Waals surface area contributed by atoms with Crippen LogP contribution in [0.3, 0.4) is 0 Å². The molecule has 1 aliphatic rings. The molecule has 1 saturated carbocycles. The molecule has 0 unspecified atom stereocenters. The molecule has 2 N–H and O–H groups in total. The molecule has 0 radical (unpaired) electrons. The lowest BCUT2D eigenvalue weighted by Crippen LogP contribution is -2.41. The SMILES string of the molecule is O=C(NCc1ccnc(OC(F)F)c1)N[C@H]1CCC(F)(F)C1. The van der Waals surface area contributed by atoms with Crippen molar-refractivity contribution in [3.05, 3.63) is 23.9 Å². The van der Waals surface area contributed by atoms with Crippen LogP contribution >= 0.6 is 0 Å². The standard InChI is InChI=1S/C13H15F4N3O2/c14-11(15)22-10-5-8(2-4-18-10)7-19-12(21)20-9-1-3-13(16,17)6-9/h2,4-5,9,11H,1,3,6-7H2,(H2,19,20,21)/t9-/m0/s1. The Kier molecular flexibility index (Phi) is 5.04. The Morgan fingerprint density at radius 1 is 1.50 bits per heavy atom. The minimum atomic E-state index is -2.98. The smallest absolute Gasteiger partial charge is 0.388 e. The number of pyridine rings is 1. The summed E-state index contributed by atoms with van der Waals surface area (Å²) in [6.45, 7) is -2.94. The fourth-order valence-corrected chi connectivity index (χ4v) is 2.21. The molecule has 0 bridgehead atoms. The van der Waals surface area contributed by atoms with E-state index in [4.69, 9.17) is 0 Å². The van der Waals surface area contributed by atoms with E-state index in [9.17, 15) is 22.4 Å². The van der Waals surface area contributed by atoms with Crippen molar-refractivity contribution in [1.29, 1.82) is 0 Å². The molecule has 1 aromatic heterocycles. The molecule has 1 aliphatic carbocycles. The maximum absolute atomic E-state index is 13.0. The van der Waals surface area contributed by atoms with E-state index in [-0.39, 0.29) is 31.7 Å². The summed E-state index contributed by atoms with van der Waals surface area (Å²) < 4.78 is 54.2. The highest BCUT2D eigenvalue weighted by Crippen LogP contribution is 2.34. The fraction of sp³-hybridized carbons (Fsp3) is 0.538. The molecular weight excluding hydrogens is 306 g/mol. The molecule has 0 aliphatic heterocycles. The van der Waals surface area contributed by atoms with Gasteiger partial charge in [-0.2, -0.15) is 8.78 Å². The lowest BCUT2D eigenvalue weighted by atomic mass is 10.2. The van der Waals surface area contributed by atoms with Gasteiger partial charge in [0.25, 0.3) is 0 Å². The van der Waals surface area contributed by atoms with E-state index in [1.807, 2.05) is 0 Å². The van der Waals surface area contributed by atoms with Gasteiger partial charge < -0.3 is 15.4 Å². The first-order valence-corrected chi connectivity index (χ1v) is 6.66. The van der Waals surface area contributed by atoms with Crippen LogP contribution in [-0.2, 0) is 6.54 Å². The van der Waals surface area contributed by atoms with E-state index in [0.717, 1.165) is 0 Å². The maximum Gasteiger partial charge on any atom is 0.388 e. The lowest BCUT2D eigenvalue weighted by molar-refractivity contribution is -0.0529. The number of hydrogen-bond donors (Lipinski definition) is 2. The number of nitrogens with zero attached hydrogens (tertiary/aromatic N) is 1. The van der Waals surface area contributed by atoms with Gasteiger partial charge in [-0.3, -0.25) is 0 Å². The van der Waals surface area contributed by atoms with E-state index in [1.54, 1.807) is 0 Å². The third-order valence-corrected chi connectivity index (χ3v) is 3.20. The number of ether oxygens (including phenoxy) is 1. The lowest BCUT2D eigenvalue weighted by Gasteiger charge is -2.14. The highest BCUT2D eigenvalue weighted by molar-refractivity contribution is 5.74. The van der Waals surface area contributed by atoms with Crippen molar-refractivity contribution >= 4 is 6.03 Å². The molecule has 9 heteroatoms. The van der Waals surface area contributed by atoms with Gasteiger partial charge in [-0.05, 0) is 18.1 Å². The third-order valence-electron chi connectivity index (χ3n) is 3.20. The molecular formula is C13H15F4N3O2. The molecule has 2 amide bonds. The molecule has 1 heterocycles. The molecule has 0 aromatic carbocycles. The number of urea groups is 1. The summed E-state index contributed by atoms with van der Waals surface area (Å²) in [4.78, 5) is 15.2. The predicted octanol–water partition coefficient (Wildman–Crippen LogP) is 2.67. The number of carbonyl (C=O) groups excluding carboxylic acids is 1.